The Morgan fingerprint density at radius 2 is 1.74 bits per heavy atom. The van der Waals surface area contributed by atoms with Crippen molar-refractivity contribution in [3.63, 3.8) is 0 Å². The van der Waals surface area contributed by atoms with Crippen molar-refractivity contribution in [2.45, 2.75) is 76.9 Å². The van der Waals surface area contributed by atoms with Crippen molar-refractivity contribution in [3.05, 3.63) is 0 Å². The number of carbonyl (C=O) groups excluding carboxylic acids is 2. The van der Waals surface area contributed by atoms with E-state index in [1.165, 1.54) is 0 Å². The molecule has 23 heavy (non-hydrogen) atoms. The third kappa shape index (κ3) is 5.35. The molecular weight excluding hydrogens is 300 g/mol. The van der Waals surface area contributed by atoms with Crippen LogP contribution in [0.4, 0.5) is 4.79 Å². The van der Waals surface area contributed by atoms with Gasteiger partial charge in [0.15, 0.2) is 5.79 Å². The molecule has 2 amide bonds. The number of amides is 2. The molecule has 0 aromatic carbocycles. The monoisotopic (exact) mass is 328 g/mol. The average molecular weight is 328 g/mol. The van der Waals surface area contributed by atoms with Crippen LogP contribution in [0.25, 0.3) is 0 Å². The lowest BCUT2D eigenvalue weighted by atomic mass is 9.90. The fourth-order valence-electron chi connectivity index (χ4n) is 2.86. The first-order valence-electron chi connectivity index (χ1n) is 8.27. The maximum absolute atomic E-state index is 12.2. The molecule has 7 heteroatoms. The quantitative estimate of drug-likeness (QED) is 0.823. The number of alkyl carbamates (subject to hydrolysis) is 1. The van der Waals surface area contributed by atoms with Gasteiger partial charge in [0.05, 0.1) is 13.2 Å². The van der Waals surface area contributed by atoms with E-state index in [0.29, 0.717) is 13.2 Å². The smallest absolute Gasteiger partial charge is 0.408 e. The lowest BCUT2D eigenvalue weighted by molar-refractivity contribution is -0.180. The molecule has 1 aliphatic heterocycles. The van der Waals surface area contributed by atoms with Gasteiger partial charge in [0.25, 0.3) is 0 Å². The van der Waals surface area contributed by atoms with Gasteiger partial charge in [-0.3, -0.25) is 4.79 Å². The average Bonchev–Trinajstić information content (AvgIpc) is 2.87. The van der Waals surface area contributed by atoms with Crippen molar-refractivity contribution < 1.29 is 23.8 Å². The van der Waals surface area contributed by atoms with Crippen molar-refractivity contribution in [1.29, 1.82) is 0 Å². The van der Waals surface area contributed by atoms with Gasteiger partial charge >= 0.3 is 6.09 Å². The predicted octanol–water partition coefficient (Wildman–Crippen LogP) is 1.70. The number of hydrogen-bond donors (Lipinski definition) is 2. The third-order valence-electron chi connectivity index (χ3n) is 4.03. The van der Waals surface area contributed by atoms with Crippen LogP contribution in [0.2, 0.25) is 0 Å². The van der Waals surface area contributed by atoms with Gasteiger partial charge in [0, 0.05) is 18.9 Å². The van der Waals surface area contributed by atoms with E-state index in [0.717, 1.165) is 25.7 Å². The summed E-state index contributed by atoms with van der Waals surface area (Å²) in [4.78, 5) is 23.9. The Hall–Kier alpha value is -1.34. The number of nitrogens with one attached hydrogen (secondary N) is 2. The molecule has 2 rings (SSSR count). The molecule has 2 N–H and O–H groups in total. The first-order valence-corrected chi connectivity index (χ1v) is 8.27. The molecule has 132 valence electrons. The highest BCUT2D eigenvalue weighted by Crippen LogP contribution is 2.35. The van der Waals surface area contributed by atoms with Crippen LogP contribution in [0.3, 0.4) is 0 Å². The zero-order chi connectivity index (χ0) is 17.1. The standard InChI is InChI=1S/C16H28N2O5/c1-11(17-14(20)23-15(2,3)4)13(19)18-12-5-7-16(8-6-12)21-9-10-22-16/h11-12H,5-10H2,1-4H3,(H,17,20)(H,18,19)/t11-/m0/s1. The highest BCUT2D eigenvalue weighted by atomic mass is 16.7. The number of ether oxygens (including phenoxy) is 3. The summed E-state index contributed by atoms with van der Waals surface area (Å²) in [6.07, 6.45) is 2.60. The van der Waals surface area contributed by atoms with Crippen LogP contribution >= 0.6 is 0 Å². The molecule has 1 saturated heterocycles. The molecule has 2 aliphatic rings. The molecule has 1 heterocycles. The zero-order valence-corrected chi connectivity index (χ0v) is 14.4. The SMILES string of the molecule is C[C@H](NC(=O)OC(C)(C)C)C(=O)NC1CCC2(CC1)OCCO2. The van der Waals surface area contributed by atoms with Crippen molar-refractivity contribution in [3.8, 4) is 0 Å². The summed E-state index contributed by atoms with van der Waals surface area (Å²) < 4.78 is 16.5. The minimum Gasteiger partial charge on any atom is -0.444 e. The molecule has 0 radical (unpaired) electrons. The largest absolute Gasteiger partial charge is 0.444 e. The molecule has 0 unspecified atom stereocenters. The Morgan fingerprint density at radius 3 is 2.26 bits per heavy atom. The van der Waals surface area contributed by atoms with Crippen LogP contribution in [0.5, 0.6) is 0 Å². The van der Waals surface area contributed by atoms with Crippen molar-refractivity contribution in [2.24, 2.45) is 0 Å². The Labute approximate surface area is 137 Å². The highest BCUT2D eigenvalue weighted by Gasteiger charge is 2.40. The van der Waals surface area contributed by atoms with E-state index < -0.39 is 23.5 Å². The van der Waals surface area contributed by atoms with E-state index in [1.54, 1.807) is 27.7 Å². The van der Waals surface area contributed by atoms with Crippen LogP contribution < -0.4 is 10.6 Å². The molecule has 2 fully saturated rings. The maximum atomic E-state index is 12.2. The Morgan fingerprint density at radius 1 is 1.17 bits per heavy atom. The van der Waals surface area contributed by atoms with Crippen molar-refractivity contribution >= 4 is 12.0 Å². The molecule has 1 atom stereocenters. The summed E-state index contributed by atoms with van der Waals surface area (Å²) in [5.41, 5.74) is -0.584. The topological polar surface area (TPSA) is 85.9 Å². The van der Waals surface area contributed by atoms with Crippen molar-refractivity contribution in [2.75, 3.05) is 13.2 Å². The van der Waals surface area contributed by atoms with E-state index >= 15 is 0 Å². The van der Waals surface area contributed by atoms with Gasteiger partial charge in [0.2, 0.25) is 5.91 Å². The van der Waals surface area contributed by atoms with Gasteiger partial charge in [-0.15, -0.1) is 0 Å². The summed E-state index contributed by atoms with van der Waals surface area (Å²) in [5.74, 6) is -0.633. The van der Waals surface area contributed by atoms with E-state index in [9.17, 15) is 9.59 Å². The Kier molecular flexibility index (Phi) is 5.52. The minimum absolute atomic E-state index is 0.0869. The Balaban J connectivity index is 1.73. The van der Waals surface area contributed by atoms with Crippen molar-refractivity contribution in [1.82, 2.24) is 10.6 Å². The molecule has 0 bridgehead atoms. The Bertz CT molecular complexity index is 430. The second kappa shape index (κ2) is 7.05. The molecule has 7 nitrogen and oxygen atoms in total. The summed E-state index contributed by atoms with van der Waals surface area (Å²) in [6, 6.07) is -0.552. The number of rotatable bonds is 3. The summed E-state index contributed by atoms with van der Waals surface area (Å²) in [5, 5.41) is 5.52. The lowest BCUT2D eigenvalue weighted by Gasteiger charge is -2.35. The molecule has 1 aliphatic carbocycles. The van der Waals surface area contributed by atoms with E-state index in [-0.39, 0.29) is 11.9 Å². The molecule has 0 aromatic heterocycles. The van der Waals surface area contributed by atoms with E-state index in [1.807, 2.05) is 0 Å². The minimum atomic E-state index is -0.639. The van der Waals surface area contributed by atoms with Gasteiger partial charge in [-0.2, -0.15) is 0 Å². The van der Waals surface area contributed by atoms with Crippen LogP contribution in [0, 0.1) is 0 Å². The van der Waals surface area contributed by atoms with Crippen LogP contribution in [-0.4, -0.2) is 48.7 Å². The first-order chi connectivity index (χ1) is 10.7. The fraction of sp³-hybridized carbons (Fsp3) is 0.875. The van der Waals surface area contributed by atoms with Gasteiger partial charge < -0.3 is 24.8 Å². The van der Waals surface area contributed by atoms with Crippen LogP contribution in [0.1, 0.15) is 53.4 Å². The summed E-state index contributed by atoms with van der Waals surface area (Å²) in [6.45, 7) is 8.28. The first kappa shape index (κ1) is 18.0. The van der Waals surface area contributed by atoms with Gasteiger partial charge in [0.1, 0.15) is 11.6 Å². The maximum Gasteiger partial charge on any atom is 0.408 e. The number of hydrogen-bond acceptors (Lipinski definition) is 5. The molecule has 0 aromatic rings. The normalized spacial score (nSPS) is 22.6. The molecule has 1 spiro atoms. The zero-order valence-electron chi connectivity index (χ0n) is 14.4. The molecular formula is C16H28N2O5. The molecule has 1 saturated carbocycles. The number of carbonyl (C=O) groups is 2. The van der Waals surface area contributed by atoms with E-state index in [2.05, 4.69) is 10.6 Å². The predicted molar refractivity (Wildman–Crippen MR) is 83.9 cm³/mol. The second-order valence-corrected chi connectivity index (χ2v) is 7.26. The van der Waals surface area contributed by atoms with E-state index in [4.69, 9.17) is 14.2 Å². The summed E-state index contributed by atoms with van der Waals surface area (Å²) >= 11 is 0. The summed E-state index contributed by atoms with van der Waals surface area (Å²) in [7, 11) is 0. The second-order valence-electron chi connectivity index (χ2n) is 7.26. The van der Waals surface area contributed by atoms with Gasteiger partial charge in [-0.1, -0.05) is 0 Å². The van der Waals surface area contributed by atoms with Crippen LogP contribution in [-0.2, 0) is 19.0 Å². The fourth-order valence-corrected chi connectivity index (χ4v) is 2.86. The third-order valence-corrected chi connectivity index (χ3v) is 4.03. The lowest BCUT2D eigenvalue weighted by Crippen LogP contribution is -2.51. The van der Waals surface area contributed by atoms with Crippen LogP contribution in [0.15, 0.2) is 0 Å². The van der Waals surface area contributed by atoms with Gasteiger partial charge in [-0.05, 0) is 40.5 Å². The highest BCUT2D eigenvalue weighted by molar-refractivity contribution is 5.85. The van der Waals surface area contributed by atoms with Gasteiger partial charge in [-0.25, -0.2) is 4.79 Å².